The maximum atomic E-state index is 12.6. The van der Waals surface area contributed by atoms with Crippen LogP contribution in [0, 0.1) is 13.8 Å². The van der Waals surface area contributed by atoms with E-state index in [2.05, 4.69) is 15.3 Å². The molecule has 1 amide bonds. The number of carbonyl (C=O) groups is 1. The predicted octanol–water partition coefficient (Wildman–Crippen LogP) is 2.74. The predicted molar refractivity (Wildman–Crippen MR) is 103 cm³/mol. The third kappa shape index (κ3) is 4.35. The molecule has 0 saturated heterocycles. The van der Waals surface area contributed by atoms with Crippen molar-refractivity contribution < 1.29 is 19.0 Å². The summed E-state index contributed by atoms with van der Waals surface area (Å²) in [7, 11) is 0. The van der Waals surface area contributed by atoms with Crippen LogP contribution in [0.1, 0.15) is 37.1 Å². The van der Waals surface area contributed by atoms with Gasteiger partial charge in [0.25, 0.3) is 5.91 Å². The van der Waals surface area contributed by atoms with Gasteiger partial charge >= 0.3 is 6.01 Å². The van der Waals surface area contributed by atoms with Gasteiger partial charge in [0, 0.05) is 17.4 Å². The molecule has 28 heavy (non-hydrogen) atoms. The number of ether oxygens (including phenoxy) is 3. The zero-order valence-corrected chi connectivity index (χ0v) is 16.2. The van der Waals surface area contributed by atoms with E-state index in [1.807, 2.05) is 44.2 Å². The van der Waals surface area contributed by atoms with Crippen molar-refractivity contribution in [2.75, 3.05) is 6.61 Å². The molecule has 1 aromatic heterocycles. The van der Waals surface area contributed by atoms with Gasteiger partial charge in [-0.3, -0.25) is 4.79 Å². The van der Waals surface area contributed by atoms with E-state index in [4.69, 9.17) is 14.2 Å². The molecule has 148 valence electrons. The number of carbonyl (C=O) groups excluding carboxylic acids is 1. The molecular weight excluding hydrogens is 358 g/mol. The van der Waals surface area contributed by atoms with Crippen LogP contribution < -0.4 is 19.5 Å². The van der Waals surface area contributed by atoms with E-state index in [1.54, 1.807) is 0 Å². The lowest BCUT2D eigenvalue weighted by molar-refractivity contribution is -0.131. The average Bonchev–Trinajstić information content (AvgIpc) is 2.68. The number of rotatable bonds is 4. The van der Waals surface area contributed by atoms with Crippen molar-refractivity contribution in [3.63, 3.8) is 0 Å². The van der Waals surface area contributed by atoms with Crippen molar-refractivity contribution in [3.05, 3.63) is 41.7 Å². The summed E-state index contributed by atoms with van der Waals surface area (Å²) in [6, 6.07) is 9.88. The smallest absolute Gasteiger partial charge is 0.317 e. The highest BCUT2D eigenvalue weighted by molar-refractivity contribution is 5.82. The highest BCUT2D eigenvalue weighted by atomic mass is 16.6. The number of nitrogens with zero attached hydrogens (tertiary/aromatic N) is 2. The standard InChI is InChI=1S/C21H25N3O4/c1-13-11-14(2)23-21(22-13)27-16-9-7-15(8-10-16)24-20(25)19-12-26-17-5-3-4-6-18(17)28-19/h3-6,11,15-16,19H,7-10,12H2,1-2H3,(H,24,25). The largest absolute Gasteiger partial charge is 0.485 e. The van der Waals surface area contributed by atoms with E-state index in [1.165, 1.54) is 0 Å². The Morgan fingerprint density at radius 2 is 1.75 bits per heavy atom. The molecular formula is C21H25N3O4. The van der Waals surface area contributed by atoms with Gasteiger partial charge in [0.05, 0.1) is 0 Å². The lowest BCUT2D eigenvalue weighted by atomic mass is 9.93. The molecule has 0 bridgehead atoms. The summed E-state index contributed by atoms with van der Waals surface area (Å²) in [5, 5.41) is 3.09. The van der Waals surface area contributed by atoms with Crippen LogP contribution in [0.25, 0.3) is 0 Å². The van der Waals surface area contributed by atoms with Crippen LogP contribution in [0.4, 0.5) is 0 Å². The first-order valence-corrected chi connectivity index (χ1v) is 9.74. The Hall–Kier alpha value is -2.83. The maximum Gasteiger partial charge on any atom is 0.317 e. The first kappa shape index (κ1) is 18.5. The van der Waals surface area contributed by atoms with Crippen LogP contribution >= 0.6 is 0 Å². The number of aromatic nitrogens is 2. The third-order valence-electron chi connectivity index (χ3n) is 5.06. The lowest BCUT2D eigenvalue weighted by Crippen LogP contribution is -2.49. The molecule has 2 heterocycles. The fraction of sp³-hybridized carbons (Fsp3) is 0.476. The summed E-state index contributed by atoms with van der Waals surface area (Å²) in [6.07, 6.45) is 2.87. The Balaban J connectivity index is 1.26. The van der Waals surface area contributed by atoms with Gasteiger partial charge in [-0.25, -0.2) is 9.97 Å². The number of nitrogens with one attached hydrogen (secondary N) is 1. The fourth-order valence-corrected chi connectivity index (χ4v) is 3.66. The Morgan fingerprint density at radius 3 is 2.46 bits per heavy atom. The summed E-state index contributed by atoms with van der Waals surface area (Å²) >= 11 is 0. The second kappa shape index (κ2) is 8.04. The van der Waals surface area contributed by atoms with Gasteiger partial charge in [0.1, 0.15) is 12.7 Å². The number of hydrogen-bond donors (Lipinski definition) is 1. The van der Waals surface area contributed by atoms with Gasteiger partial charge in [-0.2, -0.15) is 0 Å². The van der Waals surface area contributed by atoms with Crippen LogP contribution in [-0.4, -0.2) is 40.7 Å². The molecule has 2 aromatic rings. The maximum absolute atomic E-state index is 12.6. The van der Waals surface area contributed by atoms with Gasteiger partial charge in [-0.1, -0.05) is 12.1 Å². The number of para-hydroxylation sites is 2. The molecule has 2 aliphatic rings. The zero-order chi connectivity index (χ0) is 19.5. The SMILES string of the molecule is Cc1cc(C)nc(OC2CCC(NC(=O)C3COc4ccccc4O3)CC2)n1. The number of aryl methyl sites for hydroxylation is 2. The minimum absolute atomic E-state index is 0.0792. The monoisotopic (exact) mass is 383 g/mol. The number of hydrogen-bond acceptors (Lipinski definition) is 6. The van der Waals surface area contributed by atoms with Gasteiger partial charge in [0.15, 0.2) is 11.5 Å². The van der Waals surface area contributed by atoms with Crippen LogP contribution in [0.3, 0.4) is 0 Å². The fourth-order valence-electron chi connectivity index (χ4n) is 3.66. The van der Waals surface area contributed by atoms with Gasteiger partial charge < -0.3 is 19.5 Å². The quantitative estimate of drug-likeness (QED) is 0.874. The van der Waals surface area contributed by atoms with E-state index < -0.39 is 6.10 Å². The first-order valence-electron chi connectivity index (χ1n) is 9.74. The van der Waals surface area contributed by atoms with Crippen LogP contribution in [0.15, 0.2) is 30.3 Å². The molecule has 1 aromatic carbocycles. The number of fused-ring (bicyclic) bond motifs is 1. The van der Waals surface area contributed by atoms with Crippen molar-refractivity contribution in [2.45, 2.75) is 57.8 Å². The molecule has 4 rings (SSSR count). The molecule has 1 aliphatic heterocycles. The van der Waals surface area contributed by atoms with Crippen molar-refractivity contribution in [1.29, 1.82) is 0 Å². The van der Waals surface area contributed by atoms with Crippen molar-refractivity contribution >= 4 is 5.91 Å². The van der Waals surface area contributed by atoms with E-state index >= 15 is 0 Å². The molecule has 1 unspecified atom stereocenters. The summed E-state index contributed by atoms with van der Waals surface area (Å²) in [4.78, 5) is 21.2. The summed E-state index contributed by atoms with van der Waals surface area (Å²) in [5.41, 5.74) is 1.81. The van der Waals surface area contributed by atoms with E-state index in [9.17, 15) is 4.79 Å². The molecule has 1 fully saturated rings. The second-order valence-corrected chi connectivity index (χ2v) is 7.40. The normalized spacial score (nSPS) is 23.7. The average molecular weight is 383 g/mol. The first-order chi connectivity index (χ1) is 13.6. The summed E-state index contributed by atoms with van der Waals surface area (Å²) in [6.45, 7) is 4.10. The molecule has 0 radical (unpaired) electrons. The summed E-state index contributed by atoms with van der Waals surface area (Å²) < 4.78 is 17.4. The summed E-state index contributed by atoms with van der Waals surface area (Å²) in [5.74, 6) is 1.16. The molecule has 1 aliphatic carbocycles. The molecule has 7 nitrogen and oxygen atoms in total. The molecule has 1 atom stereocenters. The van der Waals surface area contributed by atoms with Crippen molar-refractivity contribution in [3.8, 4) is 17.5 Å². The second-order valence-electron chi connectivity index (χ2n) is 7.40. The minimum atomic E-state index is -0.618. The molecule has 7 heteroatoms. The highest BCUT2D eigenvalue weighted by Crippen LogP contribution is 2.31. The molecule has 1 saturated carbocycles. The Morgan fingerprint density at radius 1 is 1.07 bits per heavy atom. The topological polar surface area (TPSA) is 82.6 Å². The van der Waals surface area contributed by atoms with Gasteiger partial charge in [-0.05, 0) is 57.7 Å². The molecule has 0 spiro atoms. The Labute approximate surface area is 164 Å². The zero-order valence-electron chi connectivity index (χ0n) is 16.2. The minimum Gasteiger partial charge on any atom is -0.485 e. The van der Waals surface area contributed by atoms with Crippen LogP contribution in [0.2, 0.25) is 0 Å². The third-order valence-corrected chi connectivity index (χ3v) is 5.06. The molecule has 1 N–H and O–H groups in total. The van der Waals surface area contributed by atoms with E-state index in [0.29, 0.717) is 17.5 Å². The van der Waals surface area contributed by atoms with Crippen LogP contribution in [0.5, 0.6) is 17.5 Å². The van der Waals surface area contributed by atoms with E-state index in [-0.39, 0.29) is 24.7 Å². The van der Waals surface area contributed by atoms with Crippen molar-refractivity contribution in [1.82, 2.24) is 15.3 Å². The van der Waals surface area contributed by atoms with Crippen LogP contribution in [-0.2, 0) is 4.79 Å². The highest BCUT2D eigenvalue weighted by Gasteiger charge is 2.30. The Kier molecular flexibility index (Phi) is 5.32. The van der Waals surface area contributed by atoms with Gasteiger partial charge in [0.2, 0.25) is 6.10 Å². The number of benzene rings is 1. The Bertz CT molecular complexity index is 829. The number of amides is 1. The van der Waals surface area contributed by atoms with Crippen molar-refractivity contribution in [2.24, 2.45) is 0 Å². The van der Waals surface area contributed by atoms with Gasteiger partial charge in [-0.15, -0.1) is 0 Å². The van der Waals surface area contributed by atoms with E-state index in [0.717, 1.165) is 37.1 Å². The lowest BCUT2D eigenvalue weighted by Gasteiger charge is -2.31.